The molecule has 0 aliphatic heterocycles. The highest BCUT2D eigenvalue weighted by Crippen LogP contribution is 2.22. The summed E-state index contributed by atoms with van der Waals surface area (Å²) in [6.45, 7) is 6.02. The van der Waals surface area contributed by atoms with E-state index >= 15 is 0 Å². The van der Waals surface area contributed by atoms with Gasteiger partial charge in [-0.05, 0) is 40.9 Å². The lowest BCUT2D eigenvalue weighted by molar-refractivity contribution is 0.0276. The van der Waals surface area contributed by atoms with Gasteiger partial charge in [0.1, 0.15) is 11.9 Å². The molecule has 0 spiro atoms. The van der Waals surface area contributed by atoms with E-state index in [-0.39, 0.29) is 17.3 Å². The summed E-state index contributed by atoms with van der Waals surface area (Å²) in [5, 5.41) is 0. The third kappa shape index (κ3) is 3.36. The molecule has 1 rings (SSSR count). The van der Waals surface area contributed by atoms with E-state index < -0.39 is 11.9 Å². The Morgan fingerprint density at radius 2 is 2.12 bits per heavy atom. The Bertz CT molecular complexity index is 404. The van der Waals surface area contributed by atoms with Crippen LogP contribution in [0.25, 0.3) is 0 Å². The first-order valence-corrected chi connectivity index (χ1v) is 6.38. The number of ketones is 1. The van der Waals surface area contributed by atoms with Crippen LogP contribution in [-0.4, -0.2) is 18.5 Å². The summed E-state index contributed by atoms with van der Waals surface area (Å²) in [6.07, 6.45) is -0.594. The van der Waals surface area contributed by atoms with Crippen molar-refractivity contribution in [3.63, 3.8) is 0 Å². The minimum absolute atomic E-state index is 0.0147. The van der Waals surface area contributed by atoms with Crippen molar-refractivity contribution in [1.29, 1.82) is 0 Å². The van der Waals surface area contributed by atoms with E-state index in [0.29, 0.717) is 11.1 Å². The van der Waals surface area contributed by atoms with Crippen LogP contribution in [0.1, 0.15) is 31.1 Å². The molecule has 0 aliphatic carbocycles. The zero-order valence-electron chi connectivity index (χ0n) is 10.2. The summed E-state index contributed by atoms with van der Waals surface area (Å²) in [4.78, 5) is 12.2. The molecule has 94 valence electrons. The van der Waals surface area contributed by atoms with E-state index in [1.807, 2.05) is 20.8 Å². The van der Waals surface area contributed by atoms with Gasteiger partial charge in [0.15, 0.2) is 5.78 Å². The molecule has 0 radical (unpaired) electrons. The highest BCUT2D eigenvalue weighted by Gasteiger charge is 2.26. The Morgan fingerprint density at radius 1 is 1.47 bits per heavy atom. The number of carbonyl (C=O) groups is 1. The first kappa shape index (κ1) is 14.3. The molecule has 0 aromatic heterocycles. The monoisotopic (exact) mass is 302 g/mol. The Hall–Kier alpha value is -0.740. The maximum Gasteiger partial charge on any atom is 0.194 e. The van der Waals surface area contributed by atoms with Crippen LogP contribution in [0.2, 0.25) is 0 Å². The molecule has 0 N–H and O–H groups in total. The molecule has 1 unspecified atom stereocenters. The molecule has 0 amide bonds. The lowest BCUT2D eigenvalue weighted by Crippen LogP contribution is -2.30. The van der Waals surface area contributed by atoms with Gasteiger partial charge in [0, 0.05) is 6.61 Å². The zero-order valence-corrected chi connectivity index (χ0v) is 11.8. The largest absolute Gasteiger partial charge is 0.370 e. The number of ether oxygens (including phenoxy) is 1. The maximum atomic E-state index is 13.8. The lowest BCUT2D eigenvalue weighted by atomic mass is 9.97. The average molecular weight is 303 g/mol. The van der Waals surface area contributed by atoms with Crippen molar-refractivity contribution in [2.75, 3.05) is 6.61 Å². The van der Waals surface area contributed by atoms with Crippen molar-refractivity contribution in [2.45, 2.75) is 26.9 Å². The fraction of sp³-hybridized carbons (Fsp3) is 0.462. The van der Waals surface area contributed by atoms with Crippen molar-refractivity contribution >= 4 is 21.7 Å². The predicted molar refractivity (Wildman–Crippen MR) is 68.7 cm³/mol. The van der Waals surface area contributed by atoms with Gasteiger partial charge in [0.2, 0.25) is 0 Å². The first-order chi connectivity index (χ1) is 7.99. The van der Waals surface area contributed by atoms with Gasteiger partial charge in [-0.3, -0.25) is 4.79 Å². The highest BCUT2D eigenvalue weighted by molar-refractivity contribution is 9.10. The number of hydrogen-bond donors (Lipinski definition) is 0. The number of rotatable bonds is 5. The van der Waals surface area contributed by atoms with E-state index in [4.69, 9.17) is 4.74 Å². The number of benzene rings is 1. The van der Waals surface area contributed by atoms with E-state index in [2.05, 4.69) is 15.9 Å². The second kappa shape index (κ2) is 6.26. The standard InChI is InChI=1S/C13H16BrFO2/c1-4-17-13(8(2)3)12(16)9-6-5-7-10(14)11(9)15/h5-8,13H,4H2,1-3H3. The van der Waals surface area contributed by atoms with Crippen LogP contribution in [0.4, 0.5) is 4.39 Å². The van der Waals surface area contributed by atoms with Crippen LogP contribution < -0.4 is 0 Å². The van der Waals surface area contributed by atoms with Crippen LogP contribution in [0, 0.1) is 11.7 Å². The van der Waals surface area contributed by atoms with Gasteiger partial charge in [0.05, 0.1) is 10.0 Å². The van der Waals surface area contributed by atoms with Gasteiger partial charge in [0.25, 0.3) is 0 Å². The van der Waals surface area contributed by atoms with Crippen molar-refractivity contribution in [3.8, 4) is 0 Å². The molecule has 1 aromatic carbocycles. The molecule has 0 fully saturated rings. The Kier molecular flexibility index (Phi) is 5.28. The SMILES string of the molecule is CCOC(C(=O)c1cccc(Br)c1F)C(C)C. The Morgan fingerprint density at radius 3 is 2.65 bits per heavy atom. The summed E-state index contributed by atoms with van der Waals surface area (Å²) >= 11 is 3.07. The van der Waals surface area contributed by atoms with Gasteiger partial charge >= 0.3 is 0 Å². The molecule has 0 saturated heterocycles. The van der Waals surface area contributed by atoms with Crippen molar-refractivity contribution < 1.29 is 13.9 Å². The first-order valence-electron chi connectivity index (χ1n) is 5.58. The van der Waals surface area contributed by atoms with Gasteiger partial charge in [-0.15, -0.1) is 0 Å². The van der Waals surface area contributed by atoms with Crippen LogP contribution in [0.15, 0.2) is 22.7 Å². The maximum absolute atomic E-state index is 13.8. The van der Waals surface area contributed by atoms with Crippen LogP contribution in [-0.2, 0) is 4.74 Å². The second-order valence-electron chi connectivity index (χ2n) is 4.09. The highest BCUT2D eigenvalue weighted by atomic mass is 79.9. The van der Waals surface area contributed by atoms with Gasteiger partial charge < -0.3 is 4.74 Å². The van der Waals surface area contributed by atoms with Gasteiger partial charge in [-0.25, -0.2) is 4.39 Å². The zero-order chi connectivity index (χ0) is 13.0. The smallest absolute Gasteiger partial charge is 0.194 e. The van der Waals surface area contributed by atoms with Gasteiger partial charge in [-0.2, -0.15) is 0 Å². The Labute approximate surface area is 109 Å². The molecule has 4 heteroatoms. The normalized spacial score (nSPS) is 12.8. The fourth-order valence-electron chi connectivity index (χ4n) is 1.60. The summed E-state index contributed by atoms with van der Waals surface area (Å²) < 4.78 is 19.5. The van der Waals surface area contributed by atoms with E-state index in [9.17, 15) is 9.18 Å². The van der Waals surface area contributed by atoms with Crippen molar-refractivity contribution in [3.05, 3.63) is 34.1 Å². The quantitative estimate of drug-likeness (QED) is 0.773. The molecular formula is C13H16BrFO2. The van der Waals surface area contributed by atoms with Crippen LogP contribution >= 0.6 is 15.9 Å². The third-order valence-corrected chi connectivity index (χ3v) is 3.04. The number of carbonyl (C=O) groups excluding carboxylic acids is 1. The number of hydrogen-bond acceptors (Lipinski definition) is 2. The van der Waals surface area contributed by atoms with Crippen LogP contribution in [0.3, 0.4) is 0 Å². The molecular weight excluding hydrogens is 287 g/mol. The predicted octanol–water partition coefficient (Wildman–Crippen LogP) is 3.83. The van der Waals surface area contributed by atoms with Crippen molar-refractivity contribution in [2.24, 2.45) is 5.92 Å². The van der Waals surface area contributed by atoms with Gasteiger partial charge in [-0.1, -0.05) is 19.9 Å². The van der Waals surface area contributed by atoms with Crippen LogP contribution in [0.5, 0.6) is 0 Å². The third-order valence-electron chi connectivity index (χ3n) is 2.43. The minimum Gasteiger partial charge on any atom is -0.370 e. The fourth-order valence-corrected chi connectivity index (χ4v) is 1.96. The molecule has 17 heavy (non-hydrogen) atoms. The Balaban J connectivity index is 3.05. The average Bonchev–Trinajstić information content (AvgIpc) is 2.28. The topological polar surface area (TPSA) is 26.3 Å². The summed E-state index contributed by atoms with van der Waals surface area (Å²) in [7, 11) is 0. The molecule has 0 aliphatic rings. The van der Waals surface area contributed by atoms with E-state index in [1.54, 1.807) is 12.1 Å². The number of Topliss-reactive ketones (excluding diaryl/α,β-unsaturated/α-hetero) is 1. The molecule has 0 heterocycles. The van der Waals surface area contributed by atoms with E-state index in [0.717, 1.165) is 0 Å². The summed E-state index contributed by atoms with van der Waals surface area (Å²) in [5.41, 5.74) is 0.0755. The second-order valence-corrected chi connectivity index (χ2v) is 4.94. The molecule has 0 saturated carbocycles. The molecule has 1 atom stereocenters. The number of halogens is 2. The lowest BCUT2D eigenvalue weighted by Gasteiger charge is -2.19. The molecule has 1 aromatic rings. The van der Waals surface area contributed by atoms with Crippen molar-refractivity contribution in [1.82, 2.24) is 0 Å². The summed E-state index contributed by atoms with van der Waals surface area (Å²) in [5.74, 6) is -0.815. The minimum atomic E-state index is -0.594. The molecule has 2 nitrogen and oxygen atoms in total. The molecule has 0 bridgehead atoms. The van der Waals surface area contributed by atoms with E-state index in [1.165, 1.54) is 6.07 Å². The summed E-state index contributed by atoms with van der Waals surface area (Å²) in [6, 6.07) is 4.69.